The number of anilines is 1. The summed E-state index contributed by atoms with van der Waals surface area (Å²) < 4.78 is 5.78. The largest absolute Gasteiger partial charge is 0.478 e. The van der Waals surface area contributed by atoms with Crippen LogP contribution in [0.3, 0.4) is 0 Å². The second kappa shape index (κ2) is 6.24. The summed E-state index contributed by atoms with van der Waals surface area (Å²) in [6.45, 7) is 4.43. The summed E-state index contributed by atoms with van der Waals surface area (Å²) in [5.74, 6) is 0.585. The van der Waals surface area contributed by atoms with Crippen molar-refractivity contribution in [1.29, 1.82) is 0 Å². The first-order valence-electron chi connectivity index (χ1n) is 7.75. The van der Waals surface area contributed by atoms with Gasteiger partial charge in [0.25, 0.3) is 5.91 Å². The number of hydrogen-bond acceptors (Lipinski definition) is 3. The molecule has 0 saturated carbocycles. The molecule has 1 unspecified atom stereocenters. The van der Waals surface area contributed by atoms with Crippen LogP contribution in [0, 0.1) is 6.92 Å². The Hall–Kier alpha value is -2.62. The van der Waals surface area contributed by atoms with E-state index in [2.05, 4.69) is 0 Å². The molecule has 0 spiro atoms. The molecule has 2 aromatic carbocycles. The van der Waals surface area contributed by atoms with Crippen molar-refractivity contribution in [2.75, 3.05) is 4.90 Å². The van der Waals surface area contributed by atoms with Crippen molar-refractivity contribution in [3.63, 3.8) is 0 Å². The number of rotatable bonds is 4. The third-order valence-corrected chi connectivity index (χ3v) is 4.18. The van der Waals surface area contributed by atoms with Crippen molar-refractivity contribution in [3.8, 4) is 5.75 Å². The summed E-state index contributed by atoms with van der Waals surface area (Å²) in [6, 6.07) is 13.2. The summed E-state index contributed by atoms with van der Waals surface area (Å²) in [6.07, 6.45) is 0.911. The van der Waals surface area contributed by atoms with E-state index >= 15 is 0 Å². The third kappa shape index (κ3) is 2.84. The van der Waals surface area contributed by atoms with Gasteiger partial charge in [0.1, 0.15) is 12.0 Å². The smallest absolute Gasteiger partial charge is 0.268 e. The molecule has 0 radical (unpaired) electrons. The van der Waals surface area contributed by atoms with Crippen LogP contribution in [0.4, 0.5) is 5.69 Å². The average Bonchev–Trinajstić information content (AvgIpc) is 2.58. The van der Waals surface area contributed by atoms with E-state index in [4.69, 9.17) is 4.74 Å². The predicted octanol–water partition coefficient (Wildman–Crippen LogP) is 3.51. The molecule has 0 N–H and O–H groups in total. The highest BCUT2D eigenvalue weighted by atomic mass is 16.5. The summed E-state index contributed by atoms with van der Waals surface area (Å²) in [5, 5.41) is 0. The maximum Gasteiger partial charge on any atom is 0.268 e. The van der Waals surface area contributed by atoms with Gasteiger partial charge in [0, 0.05) is 5.56 Å². The van der Waals surface area contributed by atoms with Gasteiger partial charge in [-0.2, -0.15) is 0 Å². The van der Waals surface area contributed by atoms with Gasteiger partial charge in [0.15, 0.2) is 6.10 Å². The number of ether oxygens (including phenoxy) is 1. The standard InChI is InChI=1S/C19H19NO3/c1-3-17-19(22)20(11-15-7-5-4-6-13(15)2)16-10-14(12-21)8-9-18(16)23-17/h4-10,12,17H,3,11H2,1-2H3. The molecule has 1 heterocycles. The number of benzene rings is 2. The van der Waals surface area contributed by atoms with E-state index in [1.54, 1.807) is 23.1 Å². The van der Waals surface area contributed by atoms with Crippen molar-refractivity contribution < 1.29 is 14.3 Å². The van der Waals surface area contributed by atoms with Crippen LogP contribution in [0.25, 0.3) is 0 Å². The van der Waals surface area contributed by atoms with Gasteiger partial charge in [-0.25, -0.2) is 0 Å². The molecule has 2 aromatic rings. The van der Waals surface area contributed by atoms with Crippen molar-refractivity contribution in [1.82, 2.24) is 0 Å². The molecule has 1 aliphatic heterocycles. The quantitative estimate of drug-likeness (QED) is 0.812. The first kappa shape index (κ1) is 15.3. The van der Waals surface area contributed by atoms with Crippen LogP contribution in [0.5, 0.6) is 5.75 Å². The number of aryl methyl sites for hydroxylation is 1. The Morgan fingerprint density at radius 3 is 2.70 bits per heavy atom. The summed E-state index contributed by atoms with van der Waals surface area (Å²) in [5.41, 5.74) is 3.41. The van der Waals surface area contributed by atoms with Crippen molar-refractivity contribution in [2.45, 2.75) is 32.9 Å². The number of carbonyl (C=O) groups is 2. The maximum absolute atomic E-state index is 12.7. The van der Waals surface area contributed by atoms with Crippen LogP contribution in [0.15, 0.2) is 42.5 Å². The molecular formula is C19H19NO3. The molecule has 0 aromatic heterocycles. The Morgan fingerprint density at radius 2 is 2.00 bits per heavy atom. The summed E-state index contributed by atoms with van der Waals surface area (Å²) in [7, 11) is 0. The lowest BCUT2D eigenvalue weighted by Gasteiger charge is -2.34. The number of aldehydes is 1. The summed E-state index contributed by atoms with van der Waals surface area (Å²) >= 11 is 0. The van der Waals surface area contributed by atoms with Gasteiger partial charge in [-0.05, 0) is 42.7 Å². The summed E-state index contributed by atoms with van der Waals surface area (Å²) in [4.78, 5) is 25.5. The van der Waals surface area contributed by atoms with Crippen LogP contribution in [-0.4, -0.2) is 18.3 Å². The zero-order valence-electron chi connectivity index (χ0n) is 13.3. The van der Waals surface area contributed by atoms with E-state index in [1.807, 2.05) is 38.1 Å². The topological polar surface area (TPSA) is 46.6 Å². The Labute approximate surface area is 135 Å². The normalized spacial score (nSPS) is 16.7. The van der Waals surface area contributed by atoms with Crippen molar-refractivity contribution in [3.05, 3.63) is 59.2 Å². The SMILES string of the molecule is CCC1Oc2ccc(C=O)cc2N(Cc2ccccc2C)C1=O. The fraction of sp³-hybridized carbons (Fsp3) is 0.263. The highest BCUT2D eigenvalue weighted by molar-refractivity contribution is 6.00. The minimum absolute atomic E-state index is 0.0636. The highest BCUT2D eigenvalue weighted by Crippen LogP contribution is 2.36. The number of carbonyl (C=O) groups excluding carboxylic acids is 2. The predicted molar refractivity (Wildman–Crippen MR) is 88.9 cm³/mol. The molecule has 23 heavy (non-hydrogen) atoms. The van der Waals surface area contributed by atoms with Gasteiger partial charge >= 0.3 is 0 Å². The van der Waals surface area contributed by atoms with Gasteiger partial charge in [-0.1, -0.05) is 31.2 Å². The van der Waals surface area contributed by atoms with Gasteiger partial charge in [0.05, 0.1) is 12.2 Å². The number of hydrogen-bond donors (Lipinski definition) is 0. The molecule has 0 bridgehead atoms. The molecule has 1 amide bonds. The monoisotopic (exact) mass is 309 g/mol. The Morgan fingerprint density at radius 1 is 1.22 bits per heavy atom. The first-order chi connectivity index (χ1) is 11.1. The fourth-order valence-electron chi connectivity index (χ4n) is 2.79. The van der Waals surface area contributed by atoms with Crippen molar-refractivity contribution >= 4 is 17.9 Å². The van der Waals surface area contributed by atoms with E-state index in [-0.39, 0.29) is 5.91 Å². The molecule has 118 valence electrons. The van der Waals surface area contributed by atoms with Crippen LogP contribution in [0.1, 0.15) is 34.8 Å². The van der Waals surface area contributed by atoms with E-state index in [0.29, 0.717) is 30.0 Å². The lowest BCUT2D eigenvalue weighted by molar-refractivity contribution is -0.126. The third-order valence-electron chi connectivity index (χ3n) is 4.18. The van der Waals surface area contributed by atoms with Crippen LogP contribution >= 0.6 is 0 Å². The number of fused-ring (bicyclic) bond motifs is 1. The molecule has 4 nitrogen and oxygen atoms in total. The molecule has 1 atom stereocenters. The molecule has 4 heteroatoms. The zero-order valence-corrected chi connectivity index (χ0v) is 13.3. The van der Waals surface area contributed by atoms with Gasteiger partial charge < -0.3 is 9.64 Å². The lowest BCUT2D eigenvalue weighted by Crippen LogP contribution is -2.45. The molecule has 0 aliphatic carbocycles. The molecule has 3 rings (SSSR count). The molecule has 1 aliphatic rings. The number of nitrogens with zero attached hydrogens (tertiary/aromatic N) is 1. The molecule has 0 fully saturated rings. The van der Waals surface area contributed by atoms with Gasteiger partial charge in [0.2, 0.25) is 0 Å². The van der Waals surface area contributed by atoms with Gasteiger partial charge in [-0.15, -0.1) is 0 Å². The fourth-order valence-corrected chi connectivity index (χ4v) is 2.79. The van der Waals surface area contributed by atoms with Crippen LogP contribution in [0.2, 0.25) is 0 Å². The Balaban J connectivity index is 2.04. The zero-order chi connectivity index (χ0) is 16.4. The van der Waals surface area contributed by atoms with E-state index < -0.39 is 6.10 Å². The second-order valence-electron chi connectivity index (χ2n) is 5.71. The van der Waals surface area contributed by atoms with Crippen LogP contribution < -0.4 is 9.64 Å². The van der Waals surface area contributed by atoms with E-state index in [1.165, 1.54) is 0 Å². The minimum atomic E-state index is -0.478. The first-order valence-corrected chi connectivity index (χ1v) is 7.75. The lowest BCUT2D eigenvalue weighted by atomic mass is 10.0. The average molecular weight is 309 g/mol. The maximum atomic E-state index is 12.7. The second-order valence-corrected chi connectivity index (χ2v) is 5.71. The Kier molecular flexibility index (Phi) is 4.15. The van der Waals surface area contributed by atoms with Crippen LogP contribution in [-0.2, 0) is 11.3 Å². The number of amides is 1. The van der Waals surface area contributed by atoms with Crippen molar-refractivity contribution in [2.24, 2.45) is 0 Å². The highest BCUT2D eigenvalue weighted by Gasteiger charge is 2.33. The van der Waals surface area contributed by atoms with E-state index in [0.717, 1.165) is 17.4 Å². The molecular weight excluding hydrogens is 290 g/mol. The Bertz CT molecular complexity index is 754. The molecule has 0 saturated heterocycles. The van der Waals surface area contributed by atoms with Gasteiger partial charge in [-0.3, -0.25) is 9.59 Å². The van der Waals surface area contributed by atoms with E-state index in [9.17, 15) is 9.59 Å². The minimum Gasteiger partial charge on any atom is -0.478 e.